The third-order valence-corrected chi connectivity index (χ3v) is 4.18. The summed E-state index contributed by atoms with van der Waals surface area (Å²) >= 11 is 0. The van der Waals surface area contributed by atoms with Crippen molar-refractivity contribution in [3.05, 3.63) is 65.7 Å². The number of benzene rings is 2. The van der Waals surface area contributed by atoms with Gasteiger partial charge < -0.3 is 4.74 Å². The molecule has 0 N–H and O–H groups in total. The molecule has 0 aromatic heterocycles. The first-order chi connectivity index (χ1) is 10.4. The number of esters is 1. The van der Waals surface area contributed by atoms with Gasteiger partial charge in [-0.05, 0) is 31.2 Å². The lowest BCUT2D eigenvalue weighted by molar-refractivity contribution is 0.0716. The van der Waals surface area contributed by atoms with Crippen LogP contribution >= 0.6 is 0 Å². The maximum absolute atomic E-state index is 12.1. The molecule has 22 heavy (non-hydrogen) atoms. The Hall–Kier alpha value is -2.47. The van der Waals surface area contributed by atoms with Gasteiger partial charge in [-0.15, -0.1) is 4.40 Å². The summed E-state index contributed by atoms with van der Waals surface area (Å²) in [4.78, 5) is 11.9. The van der Waals surface area contributed by atoms with Crippen molar-refractivity contribution in [1.82, 2.24) is 0 Å². The van der Waals surface area contributed by atoms with Crippen molar-refractivity contribution in [2.45, 2.75) is 18.7 Å². The normalized spacial score (nSPS) is 12.0. The third kappa shape index (κ3) is 4.02. The van der Waals surface area contributed by atoms with E-state index in [1.807, 2.05) is 6.92 Å². The minimum absolute atomic E-state index is 0.0493. The minimum Gasteiger partial charge on any atom is -0.407 e. The number of carbonyl (C=O) groups excluding carboxylic acids is 1. The Morgan fingerprint density at radius 1 is 1.00 bits per heavy atom. The van der Waals surface area contributed by atoms with Gasteiger partial charge in [0.25, 0.3) is 10.0 Å². The van der Waals surface area contributed by atoms with Crippen LogP contribution in [0.2, 0.25) is 0 Å². The first kappa shape index (κ1) is 15.9. The van der Waals surface area contributed by atoms with Gasteiger partial charge in [-0.2, -0.15) is 8.42 Å². The number of hydrogen-bond donors (Lipinski definition) is 0. The minimum atomic E-state index is -3.89. The fourth-order valence-corrected chi connectivity index (χ4v) is 2.68. The van der Waals surface area contributed by atoms with Crippen LogP contribution in [0.3, 0.4) is 0 Å². The highest BCUT2D eigenvalue weighted by molar-refractivity contribution is 7.90. The van der Waals surface area contributed by atoms with E-state index in [4.69, 9.17) is 4.74 Å². The van der Waals surface area contributed by atoms with Crippen LogP contribution in [-0.2, 0) is 14.8 Å². The van der Waals surface area contributed by atoms with E-state index in [0.717, 1.165) is 5.56 Å². The fraction of sp³-hybridized carbons (Fsp3) is 0.125. The van der Waals surface area contributed by atoms with Crippen molar-refractivity contribution in [3.63, 3.8) is 0 Å². The number of rotatable bonds is 3. The molecule has 0 saturated heterocycles. The number of aryl methyl sites for hydroxylation is 1. The van der Waals surface area contributed by atoms with E-state index in [9.17, 15) is 13.2 Å². The van der Waals surface area contributed by atoms with Crippen LogP contribution in [-0.4, -0.2) is 20.3 Å². The lowest BCUT2D eigenvalue weighted by atomic mass is 10.2. The number of ether oxygens (including phenoxy) is 1. The van der Waals surface area contributed by atoms with Crippen LogP contribution in [0.5, 0.6) is 0 Å². The zero-order chi connectivity index (χ0) is 16.2. The average Bonchev–Trinajstić information content (AvgIpc) is 2.48. The Kier molecular flexibility index (Phi) is 4.72. The molecule has 2 aromatic carbocycles. The Morgan fingerprint density at radius 3 is 2.18 bits per heavy atom. The molecule has 0 amide bonds. The highest BCUT2D eigenvalue weighted by Gasteiger charge is 2.15. The van der Waals surface area contributed by atoms with E-state index >= 15 is 0 Å². The Labute approximate surface area is 129 Å². The van der Waals surface area contributed by atoms with Crippen LogP contribution in [0.15, 0.2) is 63.9 Å². The van der Waals surface area contributed by atoms with Crippen LogP contribution in [0, 0.1) is 6.92 Å². The SMILES string of the molecule is C/C(=N\S(=O)(=O)c1ccc(C)cc1)OC(=O)c1ccccc1. The van der Waals surface area contributed by atoms with Gasteiger partial charge in [0.2, 0.25) is 5.90 Å². The van der Waals surface area contributed by atoms with Crippen molar-refractivity contribution in [2.24, 2.45) is 4.40 Å². The van der Waals surface area contributed by atoms with E-state index in [2.05, 4.69) is 4.40 Å². The topological polar surface area (TPSA) is 72.8 Å². The van der Waals surface area contributed by atoms with E-state index < -0.39 is 16.0 Å². The van der Waals surface area contributed by atoms with E-state index in [1.165, 1.54) is 19.1 Å². The summed E-state index contributed by atoms with van der Waals surface area (Å²) in [6, 6.07) is 14.5. The van der Waals surface area contributed by atoms with Gasteiger partial charge in [-0.1, -0.05) is 35.9 Å². The number of carbonyl (C=O) groups is 1. The van der Waals surface area contributed by atoms with Gasteiger partial charge in [0.05, 0.1) is 10.5 Å². The second-order valence-corrected chi connectivity index (χ2v) is 6.26. The van der Waals surface area contributed by atoms with Gasteiger partial charge in [0.15, 0.2) is 0 Å². The summed E-state index contributed by atoms with van der Waals surface area (Å²) in [6.07, 6.45) is 0. The summed E-state index contributed by atoms with van der Waals surface area (Å²) in [6.45, 7) is 3.18. The second-order valence-electron chi connectivity index (χ2n) is 4.65. The highest BCUT2D eigenvalue weighted by Crippen LogP contribution is 2.14. The molecule has 5 nitrogen and oxygen atoms in total. The zero-order valence-corrected chi connectivity index (χ0v) is 13.0. The molecule has 6 heteroatoms. The fourth-order valence-electron chi connectivity index (χ4n) is 1.72. The first-order valence-electron chi connectivity index (χ1n) is 6.54. The van der Waals surface area contributed by atoms with Gasteiger partial charge in [-0.3, -0.25) is 0 Å². The molecular weight excluding hydrogens is 302 g/mol. The van der Waals surface area contributed by atoms with Crippen molar-refractivity contribution < 1.29 is 17.9 Å². The summed E-state index contributed by atoms with van der Waals surface area (Å²) in [5, 5.41) is 0. The quantitative estimate of drug-likeness (QED) is 0.495. The maximum atomic E-state index is 12.1. The molecule has 0 radical (unpaired) electrons. The monoisotopic (exact) mass is 317 g/mol. The summed E-state index contributed by atoms with van der Waals surface area (Å²) in [5.41, 5.74) is 1.26. The zero-order valence-electron chi connectivity index (χ0n) is 12.2. The van der Waals surface area contributed by atoms with E-state index in [-0.39, 0.29) is 10.8 Å². The molecule has 0 fully saturated rings. The predicted octanol–water partition coefficient (Wildman–Crippen LogP) is 2.96. The standard InChI is InChI=1S/C16H15NO4S/c1-12-8-10-15(11-9-12)22(19,20)17-13(2)21-16(18)14-6-4-3-5-7-14/h3-11H,1-2H3/b17-13+. The van der Waals surface area contributed by atoms with Crippen molar-refractivity contribution in [2.75, 3.05) is 0 Å². The Balaban J connectivity index is 2.18. The first-order valence-corrected chi connectivity index (χ1v) is 7.98. The van der Waals surface area contributed by atoms with Gasteiger partial charge >= 0.3 is 5.97 Å². The molecular formula is C16H15NO4S. The van der Waals surface area contributed by atoms with Gasteiger partial charge in [-0.25, -0.2) is 4.79 Å². The molecule has 0 aliphatic heterocycles. The number of sulfonamides is 1. The molecule has 0 aliphatic carbocycles. The van der Waals surface area contributed by atoms with Crippen molar-refractivity contribution in [3.8, 4) is 0 Å². The third-order valence-electron chi connectivity index (χ3n) is 2.82. The second kappa shape index (κ2) is 6.53. The van der Waals surface area contributed by atoms with Crippen LogP contribution < -0.4 is 0 Å². The molecule has 2 aromatic rings. The molecule has 0 unspecified atom stereocenters. The van der Waals surface area contributed by atoms with Crippen LogP contribution in [0.4, 0.5) is 0 Å². The smallest absolute Gasteiger partial charge is 0.344 e. The molecule has 114 valence electrons. The van der Waals surface area contributed by atoms with Crippen molar-refractivity contribution >= 4 is 21.9 Å². The van der Waals surface area contributed by atoms with Gasteiger partial charge in [0, 0.05) is 6.92 Å². The van der Waals surface area contributed by atoms with E-state index in [0.29, 0.717) is 5.56 Å². The highest BCUT2D eigenvalue weighted by atomic mass is 32.2. The molecule has 0 saturated carbocycles. The average molecular weight is 317 g/mol. The van der Waals surface area contributed by atoms with Gasteiger partial charge in [0.1, 0.15) is 0 Å². The predicted molar refractivity (Wildman–Crippen MR) is 83.3 cm³/mol. The molecule has 0 atom stereocenters. The molecule has 0 heterocycles. The lowest BCUT2D eigenvalue weighted by Crippen LogP contribution is -2.12. The summed E-state index contributed by atoms with van der Waals surface area (Å²) in [7, 11) is -3.89. The lowest BCUT2D eigenvalue weighted by Gasteiger charge is -2.04. The molecule has 0 spiro atoms. The van der Waals surface area contributed by atoms with Crippen molar-refractivity contribution in [1.29, 1.82) is 0 Å². The molecule has 2 rings (SSSR count). The maximum Gasteiger partial charge on any atom is 0.344 e. The molecule has 0 aliphatic rings. The van der Waals surface area contributed by atoms with Crippen LogP contribution in [0.1, 0.15) is 22.8 Å². The summed E-state index contributed by atoms with van der Waals surface area (Å²) in [5.74, 6) is -0.879. The Bertz CT molecular complexity index is 794. The van der Waals surface area contributed by atoms with E-state index in [1.54, 1.807) is 42.5 Å². The Morgan fingerprint density at radius 2 is 1.59 bits per heavy atom. The number of hydrogen-bond acceptors (Lipinski definition) is 4. The largest absolute Gasteiger partial charge is 0.407 e. The summed E-state index contributed by atoms with van der Waals surface area (Å²) < 4.78 is 32.7. The van der Waals surface area contributed by atoms with Crippen LogP contribution in [0.25, 0.3) is 0 Å². The number of nitrogens with zero attached hydrogens (tertiary/aromatic N) is 1. The molecule has 0 bridgehead atoms.